The molecule has 2 aromatic heterocycles. The maximum Gasteiger partial charge on any atom is 0.178 e. The molecule has 1 N–H and O–H groups in total. The van der Waals surface area contributed by atoms with Crippen LogP contribution in [-0.2, 0) is 0 Å². The molecule has 88 valence electrons. The molecule has 1 aromatic carbocycles. The summed E-state index contributed by atoms with van der Waals surface area (Å²) in [6, 6.07) is 11.2. The van der Waals surface area contributed by atoms with Crippen molar-refractivity contribution in [2.45, 2.75) is 0 Å². The number of halogens is 1. The summed E-state index contributed by atoms with van der Waals surface area (Å²) < 4.78 is 0. The molecule has 18 heavy (non-hydrogen) atoms. The first-order valence-electron chi connectivity index (χ1n) is 5.42. The number of hydrogen-bond donors (Lipinski definition) is 1. The molecule has 0 unspecified atom stereocenters. The lowest BCUT2D eigenvalue weighted by molar-refractivity contribution is 1.06. The van der Waals surface area contributed by atoms with Crippen LogP contribution in [0.15, 0.2) is 48.8 Å². The van der Waals surface area contributed by atoms with Crippen LogP contribution in [0.2, 0.25) is 5.02 Å². The molecule has 0 bridgehead atoms. The molecule has 4 nitrogen and oxygen atoms in total. The quantitative estimate of drug-likeness (QED) is 0.766. The first-order chi connectivity index (χ1) is 8.83. The fourth-order valence-electron chi connectivity index (χ4n) is 1.65. The monoisotopic (exact) mass is 256 g/mol. The van der Waals surface area contributed by atoms with Crippen molar-refractivity contribution in [2.24, 2.45) is 0 Å². The number of nitrogens with one attached hydrogen (secondary N) is 1. The third-order valence-electron chi connectivity index (χ3n) is 2.54. The Kier molecular flexibility index (Phi) is 2.78. The van der Waals surface area contributed by atoms with E-state index >= 15 is 0 Å². The van der Waals surface area contributed by atoms with Crippen LogP contribution in [0.1, 0.15) is 0 Å². The number of nitrogens with zero attached hydrogens (tertiary/aromatic N) is 3. The first kappa shape index (κ1) is 10.9. The fraction of sp³-hybridized carbons (Fsp3) is 0. The summed E-state index contributed by atoms with van der Waals surface area (Å²) in [5.41, 5.74) is 2.65. The van der Waals surface area contributed by atoms with Gasteiger partial charge in [-0.15, -0.1) is 0 Å². The van der Waals surface area contributed by atoms with Crippen molar-refractivity contribution in [3.63, 3.8) is 0 Å². The molecule has 0 fully saturated rings. The molecule has 0 saturated carbocycles. The highest BCUT2D eigenvalue weighted by atomic mass is 35.5. The van der Waals surface area contributed by atoms with Crippen LogP contribution in [-0.4, -0.2) is 20.2 Å². The van der Waals surface area contributed by atoms with Gasteiger partial charge in [0.15, 0.2) is 5.82 Å². The van der Waals surface area contributed by atoms with E-state index in [1.807, 2.05) is 36.4 Å². The molecule has 0 radical (unpaired) electrons. The lowest BCUT2D eigenvalue weighted by atomic mass is 10.1. The standard InChI is InChI=1S/C13H9ClN4/c14-10-3-1-9(2-4-10)11-5-7-15-13(17-11)12-6-8-16-18-12/h1-8H,(H,16,18). The van der Waals surface area contributed by atoms with E-state index in [2.05, 4.69) is 20.2 Å². The minimum absolute atomic E-state index is 0.625. The normalized spacial score (nSPS) is 10.5. The average molecular weight is 257 g/mol. The van der Waals surface area contributed by atoms with Gasteiger partial charge in [0.05, 0.1) is 5.69 Å². The predicted octanol–water partition coefficient (Wildman–Crippen LogP) is 3.19. The van der Waals surface area contributed by atoms with Crippen molar-refractivity contribution in [3.8, 4) is 22.8 Å². The molecule has 2 heterocycles. The summed E-state index contributed by atoms with van der Waals surface area (Å²) >= 11 is 5.87. The Labute approximate surface area is 109 Å². The lowest BCUT2D eigenvalue weighted by Crippen LogP contribution is -1.91. The Morgan fingerprint density at radius 2 is 1.78 bits per heavy atom. The van der Waals surface area contributed by atoms with Gasteiger partial charge < -0.3 is 0 Å². The Morgan fingerprint density at radius 1 is 0.944 bits per heavy atom. The number of aromatic nitrogens is 4. The largest absolute Gasteiger partial charge is 0.275 e. The zero-order valence-corrected chi connectivity index (χ0v) is 10.1. The summed E-state index contributed by atoms with van der Waals surface area (Å²) in [6.45, 7) is 0. The SMILES string of the molecule is Clc1ccc(-c2ccnc(-c3ccn[nH]3)n2)cc1. The first-order valence-corrected chi connectivity index (χ1v) is 5.79. The highest BCUT2D eigenvalue weighted by Gasteiger charge is 2.05. The number of rotatable bonds is 2. The third kappa shape index (κ3) is 2.10. The van der Waals surface area contributed by atoms with Crippen LogP contribution in [0.3, 0.4) is 0 Å². The topological polar surface area (TPSA) is 54.5 Å². The molecule has 0 aliphatic carbocycles. The van der Waals surface area contributed by atoms with E-state index in [1.165, 1.54) is 0 Å². The van der Waals surface area contributed by atoms with Gasteiger partial charge in [0.2, 0.25) is 0 Å². The zero-order valence-electron chi connectivity index (χ0n) is 9.34. The Hall–Kier alpha value is -2.20. The lowest BCUT2D eigenvalue weighted by Gasteiger charge is -2.02. The van der Waals surface area contributed by atoms with Gasteiger partial charge >= 0.3 is 0 Å². The second kappa shape index (κ2) is 4.58. The minimum atomic E-state index is 0.625. The van der Waals surface area contributed by atoms with E-state index in [0.717, 1.165) is 17.0 Å². The molecular formula is C13H9ClN4. The minimum Gasteiger partial charge on any atom is -0.275 e. The van der Waals surface area contributed by atoms with Crippen molar-refractivity contribution < 1.29 is 0 Å². The maximum absolute atomic E-state index is 5.87. The maximum atomic E-state index is 5.87. The number of hydrogen-bond acceptors (Lipinski definition) is 3. The van der Waals surface area contributed by atoms with Crippen LogP contribution in [0.25, 0.3) is 22.8 Å². The van der Waals surface area contributed by atoms with Crippen LogP contribution >= 0.6 is 11.6 Å². The smallest absolute Gasteiger partial charge is 0.178 e. The molecule has 3 aromatic rings. The molecule has 3 rings (SSSR count). The Morgan fingerprint density at radius 3 is 2.50 bits per heavy atom. The molecule has 5 heteroatoms. The molecule has 0 spiro atoms. The van der Waals surface area contributed by atoms with E-state index in [-0.39, 0.29) is 0 Å². The molecule has 0 aliphatic rings. The summed E-state index contributed by atoms with van der Waals surface area (Å²) in [6.07, 6.45) is 3.40. The second-order valence-electron chi connectivity index (χ2n) is 3.74. The van der Waals surface area contributed by atoms with E-state index in [9.17, 15) is 0 Å². The summed E-state index contributed by atoms with van der Waals surface area (Å²) in [4.78, 5) is 8.71. The average Bonchev–Trinajstić information content (AvgIpc) is 2.94. The number of aromatic amines is 1. The Balaban J connectivity index is 2.03. The van der Waals surface area contributed by atoms with Gasteiger partial charge in [-0.2, -0.15) is 5.10 Å². The third-order valence-corrected chi connectivity index (χ3v) is 2.79. The van der Waals surface area contributed by atoms with Gasteiger partial charge in [0, 0.05) is 23.0 Å². The van der Waals surface area contributed by atoms with Crippen molar-refractivity contribution in [1.29, 1.82) is 0 Å². The number of benzene rings is 1. The predicted molar refractivity (Wildman–Crippen MR) is 70.1 cm³/mol. The summed E-state index contributed by atoms with van der Waals surface area (Å²) in [7, 11) is 0. The van der Waals surface area contributed by atoms with Crippen molar-refractivity contribution in [2.75, 3.05) is 0 Å². The highest BCUT2D eigenvalue weighted by Crippen LogP contribution is 2.21. The highest BCUT2D eigenvalue weighted by molar-refractivity contribution is 6.30. The van der Waals surface area contributed by atoms with E-state index in [1.54, 1.807) is 12.4 Å². The van der Waals surface area contributed by atoms with Crippen LogP contribution in [0.4, 0.5) is 0 Å². The van der Waals surface area contributed by atoms with Gasteiger partial charge in [0.1, 0.15) is 5.69 Å². The molecule has 0 atom stereocenters. The Bertz CT molecular complexity index is 647. The van der Waals surface area contributed by atoms with Gasteiger partial charge in [0.25, 0.3) is 0 Å². The second-order valence-corrected chi connectivity index (χ2v) is 4.18. The molecule has 0 amide bonds. The molecular weight excluding hydrogens is 248 g/mol. The van der Waals surface area contributed by atoms with Gasteiger partial charge in [-0.1, -0.05) is 23.7 Å². The van der Waals surface area contributed by atoms with Crippen LogP contribution < -0.4 is 0 Å². The van der Waals surface area contributed by atoms with Crippen molar-refractivity contribution in [1.82, 2.24) is 20.2 Å². The summed E-state index contributed by atoms with van der Waals surface area (Å²) in [5.74, 6) is 0.625. The van der Waals surface area contributed by atoms with Gasteiger partial charge in [-0.3, -0.25) is 5.10 Å². The van der Waals surface area contributed by atoms with Crippen molar-refractivity contribution >= 4 is 11.6 Å². The fourth-order valence-corrected chi connectivity index (χ4v) is 1.78. The summed E-state index contributed by atoms with van der Waals surface area (Å²) in [5, 5.41) is 7.45. The number of H-pyrrole nitrogens is 1. The van der Waals surface area contributed by atoms with Crippen LogP contribution in [0.5, 0.6) is 0 Å². The van der Waals surface area contributed by atoms with E-state index in [0.29, 0.717) is 10.8 Å². The van der Waals surface area contributed by atoms with Gasteiger partial charge in [-0.05, 0) is 24.3 Å². The van der Waals surface area contributed by atoms with Crippen molar-refractivity contribution in [3.05, 3.63) is 53.8 Å². The van der Waals surface area contributed by atoms with Crippen LogP contribution in [0, 0.1) is 0 Å². The van der Waals surface area contributed by atoms with E-state index < -0.39 is 0 Å². The zero-order chi connectivity index (χ0) is 12.4. The van der Waals surface area contributed by atoms with Gasteiger partial charge in [-0.25, -0.2) is 9.97 Å². The molecule has 0 saturated heterocycles. The molecule has 0 aliphatic heterocycles. The van der Waals surface area contributed by atoms with E-state index in [4.69, 9.17) is 11.6 Å².